The van der Waals surface area contributed by atoms with Crippen LogP contribution in [0.5, 0.6) is 0 Å². The maximum Gasteiger partial charge on any atom is 0.247 e. The van der Waals surface area contributed by atoms with Crippen molar-refractivity contribution in [3.8, 4) is 0 Å². The average molecular weight is 344 g/mol. The highest BCUT2D eigenvalue weighted by atomic mass is 32.1. The Balaban J connectivity index is 1.62. The van der Waals surface area contributed by atoms with Gasteiger partial charge in [0.1, 0.15) is 18.1 Å². The highest BCUT2D eigenvalue weighted by molar-refractivity contribution is 7.15. The smallest absolute Gasteiger partial charge is 0.247 e. The molecule has 126 valence electrons. The molecule has 1 atom stereocenters. The molecule has 8 heteroatoms. The molecule has 3 heterocycles. The van der Waals surface area contributed by atoms with Crippen molar-refractivity contribution in [3.63, 3.8) is 0 Å². The molecule has 2 aliphatic rings. The summed E-state index contributed by atoms with van der Waals surface area (Å²) in [6.45, 7) is 4.01. The van der Waals surface area contributed by atoms with Crippen LogP contribution < -0.4 is 16.0 Å². The van der Waals surface area contributed by atoms with E-state index < -0.39 is 0 Å². The first-order valence-corrected chi connectivity index (χ1v) is 9.11. The fraction of sp³-hybridized carbons (Fsp3) is 0.500. The molecule has 0 saturated carbocycles. The Kier molecular flexibility index (Phi) is 3.84. The van der Waals surface area contributed by atoms with E-state index in [1.54, 1.807) is 11.3 Å². The van der Waals surface area contributed by atoms with Crippen LogP contribution in [-0.4, -0.2) is 26.9 Å². The van der Waals surface area contributed by atoms with E-state index in [1.807, 2.05) is 13.8 Å². The molecule has 1 amide bonds. The standard InChI is InChI=1S/C16H20N6OS/c1-8(2)11-15(23)21-12-13(20-11)17-7-18-14(12)22-16-19-9-5-3-4-6-10(9)24-16/h7-8,11H,3-6H2,1-2H3,(H,21,23)(H2,17,18,19,20,22). The molecule has 3 N–H and O–H groups in total. The Hall–Kier alpha value is -2.22. The first-order chi connectivity index (χ1) is 11.6. The molecule has 0 bridgehead atoms. The van der Waals surface area contributed by atoms with Crippen molar-refractivity contribution in [1.82, 2.24) is 15.0 Å². The molecule has 0 saturated heterocycles. The lowest BCUT2D eigenvalue weighted by atomic mass is 10.0. The second kappa shape index (κ2) is 6.01. The lowest BCUT2D eigenvalue weighted by Crippen LogP contribution is -2.43. The predicted molar refractivity (Wildman–Crippen MR) is 94.9 cm³/mol. The molecule has 1 unspecified atom stereocenters. The van der Waals surface area contributed by atoms with Crippen molar-refractivity contribution < 1.29 is 4.79 Å². The normalized spacial score (nSPS) is 19.3. The summed E-state index contributed by atoms with van der Waals surface area (Å²) in [4.78, 5) is 26.9. The zero-order chi connectivity index (χ0) is 16.7. The van der Waals surface area contributed by atoms with Crippen molar-refractivity contribution in [2.45, 2.75) is 45.6 Å². The molecule has 2 aromatic rings. The molecule has 0 fully saturated rings. The monoisotopic (exact) mass is 344 g/mol. The fourth-order valence-corrected chi connectivity index (χ4v) is 4.15. The second-order valence-electron chi connectivity index (χ2n) is 6.52. The summed E-state index contributed by atoms with van der Waals surface area (Å²) >= 11 is 1.67. The van der Waals surface area contributed by atoms with E-state index in [0.29, 0.717) is 17.3 Å². The van der Waals surface area contributed by atoms with E-state index in [4.69, 9.17) is 0 Å². The summed E-state index contributed by atoms with van der Waals surface area (Å²) in [5.41, 5.74) is 1.78. The van der Waals surface area contributed by atoms with Gasteiger partial charge in [-0.25, -0.2) is 15.0 Å². The summed E-state index contributed by atoms with van der Waals surface area (Å²) < 4.78 is 0. The number of anilines is 4. The quantitative estimate of drug-likeness (QED) is 0.793. The Morgan fingerprint density at radius 3 is 2.92 bits per heavy atom. The summed E-state index contributed by atoms with van der Waals surface area (Å²) in [5, 5.41) is 10.2. The van der Waals surface area contributed by atoms with Gasteiger partial charge in [-0.05, 0) is 31.6 Å². The van der Waals surface area contributed by atoms with Gasteiger partial charge in [0.15, 0.2) is 16.8 Å². The Labute approximate surface area is 144 Å². The van der Waals surface area contributed by atoms with Crippen LogP contribution in [0.15, 0.2) is 6.33 Å². The molecule has 0 radical (unpaired) electrons. The molecule has 24 heavy (non-hydrogen) atoms. The van der Waals surface area contributed by atoms with Gasteiger partial charge >= 0.3 is 0 Å². The van der Waals surface area contributed by atoms with Gasteiger partial charge in [0.2, 0.25) is 5.91 Å². The molecular formula is C16H20N6OS. The number of rotatable bonds is 3. The van der Waals surface area contributed by atoms with E-state index in [9.17, 15) is 4.79 Å². The van der Waals surface area contributed by atoms with Crippen LogP contribution in [0.25, 0.3) is 0 Å². The Bertz CT molecular complexity index is 763. The van der Waals surface area contributed by atoms with Crippen molar-refractivity contribution in [2.75, 3.05) is 16.0 Å². The number of fused-ring (bicyclic) bond motifs is 2. The molecule has 2 aromatic heterocycles. The highest BCUT2D eigenvalue weighted by Crippen LogP contribution is 2.36. The summed E-state index contributed by atoms with van der Waals surface area (Å²) in [7, 11) is 0. The molecule has 0 spiro atoms. The number of hydrogen-bond acceptors (Lipinski definition) is 7. The van der Waals surface area contributed by atoms with Gasteiger partial charge in [0.05, 0.1) is 5.69 Å². The molecular weight excluding hydrogens is 324 g/mol. The average Bonchev–Trinajstić information content (AvgIpc) is 2.97. The van der Waals surface area contributed by atoms with Gasteiger partial charge in [-0.15, -0.1) is 11.3 Å². The van der Waals surface area contributed by atoms with Gasteiger partial charge in [0.25, 0.3) is 0 Å². The molecule has 0 aromatic carbocycles. The first kappa shape index (κ1) is 15.3. The third-order valence-electron chi connectivity index (χ3n) is 4.41. The summed E-state index contributed by atoms with van der Waals surface area (Å²) in [6, 6.07) is -0.285. The van der Waals surface area contributed by atoms with Crippen molar-refractivity contribution in [3.05, 3.63) is 16.9 Å². The van der Waals surface area contributed by atoms with E-state index in [2.05, 4.69) is 30.9 Å². The molecule has 1 aliphatic carbocycles. The third kappa shape index (κ3) is 2.71. The topological polar surface area (TPSA) is 91.8 Å². The minimum atomic E-state index is -0.285. The Morgan fingerprint density at radius 1 is 1.29 bits per heavy atom. The van der Waals surface area contributed by atoms with Crippen LogP contribution in [0.3, 0.4) is 0 Å². The number of nitrogens with one attached hydrogen (secondary N) is 3. The van der Waals surface area contributed by atoms with Gasteiger partial charge in [-0.2, -0.15) is 0 Å². The van der Waals surface area contributed by atoms with Gasteiger partial charge in [-0.3, -0.25) is 4.79 Å². The third-order valence-corrected chi connectivity index (χ3v) is 5.48. The predicted octanol–water partition coefficient (Wildman–Crippen LogP) is 2.94. The first-order valence-electron chi connectivity index (χ1n) is 8.30. The maximum absolute atomic E-state index is 12.3. The van der Waals surface area contributed by atoms with E-state index in [1.165, 1.54) is 29.7 Å². The van der Waals surface area contributed by atoms with Crippen LogP contribution >= 0.6 is 11.3 Å². The number of carbonyl (C=O) groups is 1. The van der Waals surface area contributed by atoms with Gasteiger partial charge < -0.3 is 16.0 Å². The van der Waals surface area contributed by atoms with E-state index in [0.717, 1.165) is 18.0 Å². The maximum atomic E-state index is 12.3. The number of aromatic nitrogens is 3. The number of hydrogen-bond donors (Lipinski definition) is 3. The van der Waals surface area contributed by atoms with Crippen LogP contribution in [0, 0.1) is 5.92 Å². The zero-order valence-corrected chi connectivity index (χ0v) is 14.5. The zero-order valence-electron chi connectivity index (χ0n) is 13.7. The van der Waals surface area contributed by atoms with E-state index in [-0.39, 0.29) is 17.9 Å². The lowest BCUT2D eigenvalue weighted by molar-refractivity contribution is -0.117. The van der Waals surface area contributed by atoms with Gasteiger partial charge in [-0.1, -0.05) is 13.8 Å². The number of carbonyl (C=O) groups excluding carboxylic acids is 1. The van der Waals surface area contributed by atoms with Crippen LogP contribution in [-0.2, 0) is 17.6 Å². The number of aryl methyl sites for hydroxylation is 2. The van der Waals surface area contributed by atoms with Crippen molar-refractivity contribution in [1.29, 1.82) is 0 Å². The largest absolute Gasteiger partial charge is 0.356 e. The summed E-state index contributed by atoms with van der Waals surface area (Å²) in [6.07, 6.45) is 6.08. The molecule has 4 rings (SSSR count). The molecule has 1 aliphatic heterocycles. The number of thiazole rings is 1. The van der Waals surface area contributed by atoms with Crippen molar-refractivity contribution in [2.24, 2.45) is 5.92 Å². The number of nitrogens with zero attached hydrogens (tertiary/aromatic N) is 3. The minimum absolute atomic E-state index is 0.0613. The fourth-order valence-electron chi connectivity index (χ4n) is 3.10. The van der Waals surface area contributed by atoms with Crippen LogP contribution in [0.2, 0.25) is 0 Å². The Morgan fingerprint density at radius 2 is 2.12 bits per heavy atom. The number of amides is 1. The SMILES string of the molecule is CC(C)C1Nc2ncnc(Nc3nc4c(s3)CCCC4)c2NC1=O. The van der Waals surface area contributed by atoms with Crippen LogP contribution in [0.4, 0.5) is 22.5 Å². The van der Waals surface area contributed by atoms with Gasteiger partial charge in [0, 0.05) is 4.88 Å². The van der Waals surface area contributed by atoms with Crippen LogP contribution in [0.1, 0.15) is 37.3 Å². The van der Waals surface area contributed by atoms with Crippen molar-refractivity contribution >= 4 is 39.7 Å². The summed E-state index contributed by atoms with van der Waals surface area (Å²) in [5.74, 6) is 1.34. The highest BCUT2D eigenvalue weighted by Gasteiger charge is 2.31. The van der Waals surface area contributed by atoms with E-state index >= 15 is 0 Å². The lowest BCUT2D eigenvalue weighted by Gasteiger charge is -2.29. The molecule has 7 nitrogen and oxygen atoms in total. The minimum Gasteiger partial charge on any atom is -0.356 e. The second-order valence-corrected chi connectivity index (χ2v) is 7.61.